The quantitative estimate of drug-likeness (QED) is 0.423. The first-order chi connectivity index (χ1) is 9.43. The van der Waals surface area contributed by atoms with E-state index in [1.165, 1.54) is 76.3 Å². The Morgan fingerprint density at radius 3 is 2.11 bits per heavy atom. The third-order valence-electron chi connectivity index (χ3n) is 3.64. The zero-order valence-corrected chi connectivity index (χ0v) is 12.7. The van der Waals surface area contributed by atoms with Gasteiger partial charge in [-0.3, -0.25) is 0 Å². The highest BCUT2D eigenvalue weighted by Crippen LogP contribution is 2.11. The van der Waals surface area contributed by atoms with E-state index in [1.807, 2.05) is 12.3 Å². The van der Waals surface area contributed by atoms with Gasteiger partial charge in [0.15, 0.2) is 0 Å². The molecule has 19 heavy (non-hydrogen) atoms. The van der Waals surface area contributed by atoms with Crippen LogP contribution in [0.3, 0.4) is 0 Å². The number of hydrogen-bond donors (Lipinski definition) is 1. The van der Waals surface area contributed by atoms with Gasteiger partial charge in [0.1, 0.15) is 0 Å². The zero-order valence-electron chi connectivity index (χ0n) is 12.7. The summed E-state index contributed by atoms with van der Waals surface area (Å²) in [6.45, 7) is 2.28. The molecule has 0 bridgehead atoms. The minimum absolute atomic E-state index is 1.21. The number of hydrogen-bond acceptors (Lipinski definition) is 0. The predicted octanol–water partition coefficient (Wildman–Crippen LogP) is 6.34. The first-order valence-corrected chi connectivity index (χ1v) is 8.23. The molecule has 1 rings (SSSR count). The van der Waals surface area contributed by atoms with Crippen molar-refractivity contribution in [2.24, 2.45) is 0 Å². The number of nitrogens with one attached hydrogen (secondary N) is 1. The van der Waals surface area contributed by atoms with Crippen LogP contribution in [0.1, 0.15) is 83.2 Å². The largest absolute Gasteiger partial charge is 0.362 e. The number of H-pyrrole nitrogens is 1. The first kappa shape index (κ1) is 16.1. The highest BCUT2D eigenvalue weighted by molar-refractivity contribution is 5.43. The molecule has 1 heterocycles. The van der Waals surface area contributed by atoms with Crippen LogP contribution in [0.5, 0.6) is 0 Å². The molecule has 1 heteroatoms. The van der Waals surface area contributed by atoms with Crippen molar-refractivity contribution in [2.45, 2.75) is 77.6 Å². The summed E-state index contributed by atoms with van der Waals surface area (Å²) in [4.78, 5) is 3.19. The van der Waals surface area contributed by atoms with Crippen LogP contribution in [-0.4, -0.2) is 4.98 Å². The standard InChI is InChI=1S/C18H31N/c1-2-3-4-5-6-7-8-9-10-11-12-13-15-18-16-14-17-19-18/h13-17,19H,2-12H2,1H3/b15-13+. The molecule has 0 spiro atoms. The normalized spacial score (nSPS) is 11.4. The predicted molar refractivity (Wildman–Crippen MR) is 86.3 cm³/mol. The number of rotatable bonds is 12. The third-order valence-corrected chi connectivity index (χ3v) is 3.64. The van der Waals surface area contributed by atoms with Crippen LogP contribution in [0.4, 0.5) is 0 Å². The van der Waals surface area contributed by atoms with Gasteiger partial charge in [0.2, 0.25) is 0 Å². The van der Waals surface area contributed by atoms with Gasteiger partial charge in [-0.1, -0.05) is 70.8 Å². The summed E-state index contributed by atoms with van der Waals surface area (Å²) in [5.41, 5.74) is 1.21. The number of aromatic nitrogens is 1. The van der Waals surface area contributed by atoms with E-state index in [1.54, 1.807) is 0 Å². The van der Waals surface area contributed by atoms with Gasteiger partial charge in [-0.2, -0.15) is 0 Å². The van der Waals surface area contributed by atoms with Gasteiger partial charge in [0, 0.05) is 11.9 Å². The molecule has 0 fully saturated rings. The van der Waals surface area contributed by atoms with Crippen molar-refractivity contribution in [2.75, 3.05) is 0 Å². The average Bonchev–Trinajstić information content (AvgIpc) is 2.93. The fourth-order valence-electron chi connectivity index (χ4n) is 2.41. The molecule has 0 aliphatic heterocycles. The molecule has 0 aliphatic carbocycles. The van der Waals surface area contributed by atoms with Crippen LogP contribution in [0, 0.1) is 0 Å². The molecule has 1 nitrogen and oxygen atoms in total. The van der Waals surface area contributed by atoms with Gasteiger partial charge in [-0.05, 0) is 31.1 Å². The maximum atomic E-state index is 3.19. The average molecular weight is 261 g/mol. The second-order valence-corrected chi connectivity index (χ2v) is 5.50. The molecule has 0 radical (unpaired) electrons. The van der Waals surface area contributed by atoms with E-state index in [0.717, 1.165) is 0 Å². The van der Waals surface area contributed by atoms with E-state index >= 15 is 0 Å². The Balaban J connectivity index is 1.79. The second-order valence-electron chi connectivity index (χ2n) is 5.50. The number of allylic oxidation sites excluding steroid dienone is 1. The highest BCUT2D eigenvalue weighted by atomic mass is 14.7. The van der Waals surface area contributed by atoms with E-state index in [9.17, 15) is 0 Å². The summed E-state index contributed by atoms with van der Waals surface area (Å²) in [6.07, 6.45) is 21.8. The van der Waals surface area contributed by atoms with Crippen LogP contribution in [0.25, 0.3) is 6.08 Å². The van der Waals surface area contributed by atoms with Gasteiger partial charge in [0.05, 0.1) is 0 Å². The minimum atomic E-state index is 1.21. The molecule has 0 saturated heterocycles. The van der Waals surface area contributed by atoms with Gasteiger partial charge in [-0.25, -0.2) is 0 Å². The molecule has 108 valence electrons. The lowest BCUT2D eigenvalue weighted by Crippen LogP contribution is -1.81. The molecule has 1 N–H and O–H groups in total. The Kier molecular flexibility index (Phi) is 10.2. The van der Waals surface area contributed by atoms with Gasteiger partial charge < -0.3 is 4.98 Å². The van der Waals surface area contributed by atoms with Crippen molar-refractivity contribution in [1.82, 2.24) is 4.98 Å². The maximum Gasteiger partial charge on any atom is 0.0377 e. The van der Waals surface area contributed by atoms with Crippen molar-refractivity contribution in [3.05, 3.63) is 30.1 Å². The molecular weight excluding hydrogens is 230 g/mol. The summed E-state index contributed by atoms with van der Waals surface area (Å²) in [7, 11) is 0. The van der Waals surface area contributed by atoms with Crippen LogP contribution in [0.15, 0.2) is 24.4 Å². The van der Waals surface area contributed by atoms with Gasteiger partial charge in [-0.15, -0.1) is 0 Å². The van der Waals surface area contributed by atoms with Crippen molar-refractivity contribution >= 4 is 6.08 Å². The number of aromatic amines is 1. The maximum absolute atomic E-state index is 3.19. The highest BCUT2D eigenvalue weighted by Gasteiger charge is 1.92. The molecule has 0 unspecified atom stereocenters. The summed E-state index contributed by atoms with van der Waals surface area (Å²) < 4.78 is 0. The van der Waals surface area contributed by atoms with E-state index in [4.69, 9.17) is 0 Å². The smallest absolute Gasteiger partial charge is 0.0377 e. The lowest BCUT2D eigenvalue weighted by atomic mass is 10.1. The Morgan fingerprint density at radius 1 is 0.895 bits per heavy atom. The van der Waals surface area contributed by atoms with Gasteiger partial charge >= 0.3 is 0 Å². The van der Waals surface area contributed by atoms with Crippen LogP contribution < -0.4 is 0 Å². The molecule has 1 aromatic heterocycles. The lowest BCUT2D eigenvalue weighted by molar-refractivity contribution is 0.558. The molecule has 0 aromatic carbocycles. The topological polar surface area (TPSA) is 15.8 Å². The van der Waals surface area contributed by atoms with Gasteiger partial charge in [0.25, 0.3) is 0 Å². The Morgan fingerprint density at radius 2 is 1.53 bits per heavy atom. The minimum Gasteiger partial charge on any atom is -0.362 e. The molecular formula is C18H31N. The van der Waals surface area contributed by atoms with E-state index in [0.29, 0.717) is 0 Å². The fraction of sp³-hybridized carbons (Fsp3) is 0.667. The van der Waals surface area contributed by atoms with Crippen molar-refractivity contribution < 1.29 is 0 Å². The Labute approximate surface area is 119 Å². The van der Waals surface area contributed by atoms with Crippen molar-refractivity contribution in [3.8, 4) is 0 Å². The first-order valence-electron chi connectivity index (χ1n) is 8.23. The van der Waals surface area contributed by atoms with E-state index < -0.39 is 0 Å². The summed E-state index contributed by atoms with van der Waals surface area (Å²) in [6, 6.07) is 4.15. The summed E-state index contributed by atoms with van der Waals surface area (Å²) in [5.74, 6) is 0. The second kappa shape index (κ2) is 12.1. The molecule has 0 saturated carbocycles. The molecule has 1 aromatic rings. The summed E-state index contributed by atoms with van der Waals surface area (Å²) >= 11 is 0. The van der Waals surface area contributed by atoms with Crippen LogP contribution in [-0.2, 0) is 0 Å². The van der Waals surface area contributed by atoms with Crippen molar-refractivity contribution in [3.63, 3.8) is 0 Å². The Bertz CT molecular complexity index is 298. The molecule has 0 amide bonds. The SMILES string of the molecule is CCCCCCCCCCCC/C=C/c1ccc[nH]1. The lowest BCUT2D eigenvalue weighted by Gasteiger charge is -2.01. The summed E-state index contributed by atoms with van der Waals surface area (Å²) in [5, 5.41) is 0. The number of unbranched alkanes of at least 4 members (excludes halogenated alkanes) is 10. The van der Waals surface area contributed by atoms with E-state index in [2.05, 4.69) is 30.1 Å². The molecule has 0 aliphatic rings. The molecule has 0 atom stereocenters. The van der Waals surface area contributed by atoms with Crippen LogP contribution in [0.2, 0.25) is 0 Å². The third kappa shape index (κ3) is 9.58. The monoisotopic (exact) mass is 261 g/mol. The zero-order chi connectivity index (χ0) is 13.6. The fourth-order valence-corrected chi connectivity index (χ4v) is 2.41. The Hall–Kier alpha value is -0.980. The van der Waals surface area contributed by atoms with Crippen LogP contribution >= 0.6 is 0 Å². The van der Waals surface area contributed by atoms with Crippen molar-refractivity contribution in [1.29, 1.82) is 0 Å². The van der Waals surface area contributed by atoms with E-state index in [-0.39, 0.29) is 0 Å².